The number of primary amides is 1. The Hall–Kier alpha value is -17.7. The van der Waals surface area contributed by atoms with Crippen LogP contribution in [-0.2, 0) is 123 Å². The van der Waals surface area contributed by atoms with Gasteiger partial charge in [0.05, 0.1) is 44.1 Å². The normalized spacial score (nSPS) is 14.0. The van der Waals surface area contributed by atoms with Gasteiger partial charge in [0, 0.05) is 144 Å². The largest absolute Gasteiger partial charge is 0.481 e. The van der Waals surface area contributed by atoms with Crippen molar-refractivity contribution >= 4 is 142 Å². The van der Waals surface area contributed by atoms with E-state index in [0.29, 0.717) is 0 Å². The van der Waals surface area contributed by atoms with E-state index in [9.17, 15) is 82.8 Å². The fraction of sp³-hybridized carbons (Fsp3) is 0.541. The first-order valence-corrected chi connectivity index (χ1v) is 47.1. The zero-order valence-corrected chi connectivity index (χ0v) is 81.6. The van der Waals surface area contributed by atoms with Crippen LogP contribution in [0.15, 0.2) is 62.6 Å². The van der Waals surface area contributed by atoms with Gasteiger partial charge in [0.25, 0.3) is 0 Å². The summed E-state index contributed by atoms with van der Waals surface area (Å²) in [6, 6.07) is -26.0. The molecule has 0 spiro atoms. The summed E-state index contributed by atoms with van der Waals surface area (Å²) in [7, 11) is 0. The van der Waals surface area contributed by atoms with Gasteiger partial charge in [0.2, 0.25) is 88.6 Å². The summed E-state index contributed by atoms with van der Waals surface area (Å²) in [6.07, 6.45) is 3.58. The van der Waals surface area contributed by atoms with Crippen LogP contribution in [0.25, 0.3) is 0 Å². The number of carboxylic acid groups (broad SMARTS) is 4. The third-order valence-electron chi connectivity index (χ3n) is 22.1. The molecule has 15 atom stereocenters. The number of hydrogen-bond donors (Lipinski definition) is 40. The number of aromatic amines is 5. The average molecular weight is 2100 g/mol. The summed E-state index contributed by atoms with van der Waals surface area (Å²) in [4.78, 5) is 300. The maximum Gasteiger partial charge on any atom is 0.326 e. The van der Waals surface area contributed by atoms with Crippen LogP contribution < -0.4 is 141 Å². The molecule has 0 aliphatic heterocycles. The Kier molecular flexibility index (Phi) is 52.4. The standard InChI is InChI=1S/C85H135N41O23/c1-41(2)24-55(120-72(140)53(15-18-64(130)131)118-75(143)57(26-43-32-99-37-109-43)125-79(147)61(30-65(132)133)126-70(138)50(11-6-22-106-84(94)95)115-71(139)52(14-17-63(128)129)113-66(134)47(86)8-3-19-103-81(88)89)73(141)116-51(12-7-23-107-85(96)97)69(137)121-56(25-42-31-98-36-108-42)74(142)117-48(9-4-20-104-82(90)91)67(135)114-49(10-5-21-105-83(92)93)68(136)122-59(28-45-34-101-39-111-45)77(145)124-60(29-46-35-102-40-112-46)78(146)123-58(27-44-33-100-38-110-44)76(144)119-54(80(148)149)13-16-62(87)127/h31-41,47-61H,3-30,86H2,1-2H3,(H2,87,127)(H,98,108)(H,99,109)(H,100,110)(H,101,111)(H,102,112)(H,113,134)(H,114,135)(H,115,139)(H,116,141)(H,117,142)(H,118,143)(H,119,144)(H,120,140)(H,121,137)(H,122,136)(H,123,146)(H,124,145)(H,125,147)(H,126,138)(H,128,129)(H,130,131)(H,132,133)(H,148,149)(H4,88,89,103)(H4,90,91,104)(H4,92,93,105)(H4,94,95,106)(H4,96,97,107)/t47-,48-,49-,50-,51-,52-,53-,54-,55-,56-,57-,58-,59-,60-,61-/m0/s1. The molecule has 0 radical (unpaired) electrons. The van der Waals surface area contributed by atoms with Crippen molar-refractivity contribution in [2.75, 3.05) is 32.7 Å². The van der Waals surface area contributed by atoms with Gasteiger partial charge in [-0.1, -0.05) is 13.8 Å². The first-order valence-electron chi connectivity index (χ1n) is 47.1. The summed E-state index contributed by atoms with van der Waals surface area (Å²) in [5.41, 5.74) is 40.0. The number of hydrogen-bond acceptors (Lipinski definition) is 30. The number of carbonyl (C=O) groups excluding carboxylic acids is 15. The molecule has 0 aromatic carbocycles. The van der Waals surface area contributed by atoms with Crippen LogP contribution in [-0.4, -0.2) is 336 Å². The van der Waals surface area contributed by atoms with Crippen molar-refractivity contribution in [2.45, 2.75) is 252 Å². The first-order chi connectivity index (χ1) is 70.6. The van der Waals surface area contributed by atoms with Gasteiger partial charge in [0.15, 0.2) is 29.8 Å². The predicted molar refractivity (Wildman–Crippen MR) is 524 cm³/mol. The maximum absolute atomic E-state index is 15.3. The molecule has 0 bridgehead atoms. The highest BCUT2D eigenvalue weighted by Crippen LogP contribution is 2.17. The van der Waals surface area contributed by atoms with E-state index in [1.165, 1.54) is 56.3 Å². The lowest BCUT2D eigenvalue weighted by atomic mass is 10.0. The van der Waals surface area contributed by atoms with Gasteiger partial charge >= 0.3 is 23.9 Å². The molecule has 47 N–H and O–H groups in total. The summed E-state index contributed by atoms with van der Waals surface area (Å²) in [6.45, 7) is 2.91. The maximum atomic E-state index is 15.3. The molecule has 149 heavy (non-hydrogen) atoms. The number of aliphatic carboxylic acids is 4. The smallest absolute Gasteiger partial charge is 0.326 e. The van der Waals surface area contributed by atoms with Crippen molar-refractivity contribution in [1.29, 1.82) is 27.0 Å². The van der Waals surface area contributed by atoms with Crippen LogP contribution in [0.3, 0.4) is 0 Å². The molecule has 5 heterocycles. The molecule has 0 unspecified atom stereocenters. The number of imidazole rings is 5. The second-order valence-electron chi connectivity index (χ2n) is 34.7. The van der Waals surface area contributed by atoms with Gasteiger partial charge < -0.3 is 187 Å². The molecular weight excluding hydrogens is 1960 g/mol. The van der Waals surface area contributed by atoms with Crippen molar-refractivity contribution in [3.63, 3.8) is 0 Å². The van der Waals surface area contributed by atoms with Crippen LogP contribution in [0.4, 0.5) is 0 Å². The Bertz CT molecular complexity index is 5300. The molecule has 0 saturated carbocycles. The van der Waals surface area contributed by atoms with Crippen LogP contribution >= 0.6 is 0 Å². The van der Waals surface area contributed by atoms with Gasteiger partial charge in [0.1, 0.15) is 84.6 Å². The number of nitrogens with zero attached hydrogens (tertiary/aromatic N) is 5. The molecule has 0 fully saturated rings. The Labute approximate surface area is 850 Å². The van der Waals surface area contributed by atoms with Crippen LogP contribution in [0.5, 0.6) is 0 Å². The predicted octanol–water partition coefficient (Wildman–Crippen LogP) is -12.2. The fourth-order valence-electron chi connectivity index (χ4n) is 14.5. The van der Waals surface area contributed by atoms with E-state index < -0.39 is 297 Å². The van der Waals surface area contributed by atoms with Crippen LogP contribution in [0, 0.1) is 33.0 Å². The van der Waals surface area contributed by atoms with E-state index in [4.69, 9.17) is 67.2 Å². The van der Waals surface area contributed by atoms with Crippen molar-refractivity contribution in [3.8, 4) is 0 Å². The average Bonchev–Trinajstić information content (AvgIpc) is 1.68. The number of guanidine groups is 5. The number of amides is 15. The highest BCUT2D eigenvalue weighted by molar-refractivity contribution is 6.02. The minimum Gasteiger partial charge on any atom is -0.481 e. The fourth-order valence-corrected chi connectivity index (χ4v) is 14.5. The molecule has 0 aliphatic rings. The topological polar surface area (TPSA) is 1080 Å². The van der Waals surface area contributed by atoms with Crippen LogP contribution in [0.1, 0.15) is 158 Å². The van der Waals surface area contributed by atoms with Crippen molar-refractivity contribution < 1.29 is 112 Å². The molecule has 5 aromatic heterocycles. The summed E-state index contributed by atoms with van der Waals surface area (Å²) >= 11 is 0. The second-order valence-corrected chi connectivity index (χ2v) is 34.7. The lowest BCUT2D eigenvalue weighted by Crippen LogP contribution is -2.61. The highest BCUT2D eigenvalue weighted by atomic mass is 16.4. The summed E-state index contributed by atoms with van der Waals surface area (Å²) in [5, 5.41) is 126. The summed E-state index contributed by atoms with van der Waals surface area (Å²) < 4.78 is 0. The van der Waals surface area contributed by atoms with E-state index in [-0.39, 0.29) is 151 Å². The highest BCUT2D eigenvalue weighted by Gasteiger charge is 2.41. The van der Waals surface area contributed by atoms with Gasteiger partial charge in [-0.15, -0.1) is 0 Å². The molecule has 64 heteroatoms. The number of carbonyl (C=O) groups is 19. The Morgan fingerprint density at radius 3 is 0.711 bits per heavy atom. The van der Waals surface area contributed by atoms with E-state index >= 15 is 28.8 Å². The van der Waals surface area contributed by atoms with Crippen molar-refractivity contribution in [3.05, 3.63) is 91.1 Å². The molecule has 5 rings (SSSR count). The Morgan fingerprint density at radius 1 is 0.275 bits per heavy atom. The molecule has 15 amide bonds. The monoisotopic (exact) mass is 2100 g/mol. The molecular formula is C85H135N41O23. The summed E-state index contributed by atoms with van der Waals surface area (Å²) in [5.74, 6) is -26.0. The number of nitrogens with two attached hydrogens (primary N) is 7. The number of nitrogens with one attached hydrogen (secondary N) is 29. The first kappa shape index (κ1) is 122. The molecule has 818 valence electrons. The minimum atomic E-state index is -2.15. The van der Waals surface area contributed by atoms with Crippen LogP contribution in [0.2, 0.25) is 0 Å². The third-order valence-corrected chi connectivity index (χ3v) is 22.1. The zero-order valence-electron chi connectivity index (χ0n) is 81.6. The second kappa shape index (κ2) is 64.1. The number of aromatic nitrogens is 10. The number of H-pyrrole nitrogens is 5. The van der Waals surface area contributed by atoms with Gasteiger partial charge in [-0.2, -0.15) is 0 Å². The van der Waals surface area contributed by atoms with Crippen molar-refractivity contribution in [2.24, 2.45) is 46.1 Å². The van der Waals surface area contributed by atoms with E-state index in [2.05, 4.69) is 151 Å². The third kappa shape index (κ3) is 48.0. The number of carboxylic acids is 4. The Morgan fingerprint density at radius 2 is 0.483 bits per heavy atom. The molecule has 0 saturated heterocycles. The molecule has 5 aromatic rings. The van der Waals surface area contributed by atoms with Gasteiger partial charge in [-0.05, 0) is 95.8 Å². The number of rotatable bonds is 72. The quantitative estimate of drug-likeness (QED) is 0.00976. The molecule has 64 nitrogen and oxygen atoms in total. The zero-order chi connectivity index (χ0) is 110. The SMILES string of the molecule is CC(C)C[C@H](NC(=O)[C@H](CCC(=O)O)NC(=O)[C@H](Cc1cnc[nH]1)NC(=O)[C@H](CC(=O)O)NC(=O)[C@H](CCCNC(=N)N)NC(=O)[C@H](CCC(=O)O)NC(=O)[C@@H](N)CCCNC(=N)N)C(=O)N[C@@H](CCCNC(=N)N)C(=O)N[C@@H](Cc1cnc[nH]1)C(=O)N[C@@H](CCCNC(=N)N)C(=O)N[C@@H](CCCNC(=N)N)C(=O)N[C@@H](Cc1cnc[nH]1)C(=O)N[C@@H](Cc1cnc[nH]1)C(=O)N[C@@H](Cc1cnc[nH]1)C(=O)N[C@@H](CCC(N)=O)C(=O)O. The van der Waals surface area contributed by atoms with E-state index in [1.807, 2.05) is 0 Å². The lowest BCUT2D eigenvalue weighted by Gasteiger charge is -2.29. The minimum absolute atomic E-state index is 0.0219. The Balaban J connectivity index is 1.48. The van der Waals surface area contributed by atoms with E-state index in [0.717, 1.165) is 6.33 Å². The molecule has 0 aliphatic carbocycles. The van der Waals surface area contributed by atoms with Gasteiger partial charge in [-0.3, -0.25) is 113 Å². The lowest BCUT2D eigenvalue weighted by molar-refractivity contribution is -0.143. The van der Waals surface area contributed by atoms with Crippen molar-refractivity contribution in [1.82, 2.24) is 151 Å². The van der Waals surface area contributed by atoms with E-state index in [1.54, 1.807) is 13.8 Å². The van der Waals surface area contributed by atoms with Gasteiger partial charge in [-0.25, -0.2) is 29.7 Å².